The summed E-state index contributed by atoms with van der Waals surface area (Å²) in [5.41, 5.74) is 1.39. The van der Waals surface area contributed by atoms with Crippen LogP contribution in [0.1, 0.15) is 30.0 Å². The summed E-state index contributed by atoms with van der Waals surface area (Å²) in [4.78, 5) is 15.9. The third-order valence-corrected chi connectivity index (χ3v) is 3.73. The van der Waals surface area contributed by atoms with Gasteiger partial charge in [-0.1, -0.05) is 35.8 Å². The van der Waals surface area contributed by atoms with Gasteiger partial charge in [-0.15, -0.1) is 0 Å². The second-order valence-corrected chi connectivity index (χ2v) is 5.21. The molecule has 3 nitrogen and oxygen atoms in total. The molecule has 1 aromatic heterocycles. The molecule has 0 saturated carbocycles. The van der Waals surface area contributed by atoms with E-state index in [-0.39, 0.29) is 11.3 Å². The molecule has 0 aliphatic heterocycles. The summed E-state index contributed by atoms with van der Waals surface area (Å²) in [6.45, 7) is 6.68. The number of nitrogens with one attached hydrogen (secondary N) is 1. The second kappa shape index (κ2) is 5.43. The molecule has 0 bridgehead atoms. The summed E-state index contributed by atoms with van der Waals surface area (Å²) >= 11 is 3.42. The topological polar surface area (TPSA) is 42.0 Å². The fraction of sp³-hybridized carbons (Fsp3) is 0.500. The maximum atomic E-state index is 11.8. The molecule has 0 aliphatic rings. The number of nitrogens with zero attached hydrogens (tertiary/aromatic N) is 1. The van der Waals surface area contributed by atoms with E-state index in [1.54, 1.807) is 6.07 Å². The van der Waals surface area contributed by atoms with Crippen molar-refractivity contribution >= 4 is 21.8 Å². The van der Waals surface area contributed by atoms with Gasteiger partial charge in [-0.25, -0.2) is 4.98 Å². The Morgan fingerprint density at radius 1 is 1.50 bits per heavy atom. The second-order valence-electron chi connectivity index (χ2n) is 4.64. The minimum Gasteiger partial charge on any atom is -0.350 e. The molecule has 0 aromatic carbocycles. The third-order valence-electron chi connectivity index (χ3n) is 2.21. The Hall–Kier alpha value is -0.900. The van der Waals surface area contributed by atoms with Gasteiger partial charge in [-0.3, -0.25) is 4.79 Å². The number of pyridine rings is 1. The van der Waals surface area contributed by atoms with E-state index < -0.39 is 0 Å². The van der Waals surface area contributed by atoms with Crippen LogP contribution in [0.5, 0.6) is 0 Å². The Balaban J connectivity index is 2.60. The summed E-state index contributed by atoms with van der Waals surface area (Å²) in [7, 11) is 0. The molecule has 0 fully saturated rings. The van der Waals surface area contributed by atoms with Gasteiger partial charge < -0.3 is 5.32 Å². The Labute approximate surface area is 105 Å². The number of halogens is 1. The maximum absolute atomic E-state index is 11.8. The molecule has 1 N–H and O–H groups in total. The zero-order valence-corrected chi connectivity index (χ0v) is 11.5. The first-order valence-corrected chi connectivity index (χ1v) is 6.34. The Kier molecular flexibility index (Phi) is 4.47. The van der Waals surface area contributed by atoms with E-state index in [9.17, 15) is 4.79 Å². The van der Waals surface area contributed by atoms with Crippen molar-refractivity contribution in [2.75, 3.05) is 11.9 Å². The molecule has 0 aliphatic carbocycles. The Bertz CT molecular complexity index is 377. The van der Waals surface area contributed by atoms with Crippen LogP contribution in [-0.4, -0.2) is 22.8 Å². The monoisotopic (exact) mass is 284 g/mol. The molecule has 16 heavy (non-hydrogen) atoms. The van der Waals surface area contributed by atoms with Gasteiger partial charge in [0.2, 0.25) is 0 Å². The van der Waals surface area contributed by atoms with E-state index in [0.717, 1.165) is 11.0 Å². The molecule has 0 unspecified atom stereocenters. The first-order chi connectivity index (χ1) is 7.44. The number of hydrogen-bond acceptors (Lipinski definition) is 2. The summed E-state index contributed by atoms with van der Waals surface area (Å²) in [5.74, 6) is -0.113. The van der Waals surface area contributed by atoms with Crippen LogP contribution < -0.4 is 5.32 Å². The summed E-state index contributed by atoms with van der Waals surface area (Å²) < 4.78 is 0. The van der Waals surface area contributed by atoms with Crippen LogP contribution in [0.4, 0.5) is 0 Å². The van der Waals surface area contributed by atoms with Gasteiger partial charge in [0.25, 0.3) is 5.91 Å². The summed E-state index contributed by atoms with van der Waals surface area (Å²) in [5, 5.41) is 3.73. The average molecular weight is 285 g/mol. The van der Waals surface area contributed by atoms with Crippen molar-refractivity contribution in [3.05, 3.63) is 29.6 Å². The molecular weight excluding hydrogens is 268 g/mol. The van der Waals surface area contributed by atoms with E-state index in [0.29, 0.717) is 12.2 Å². The van der Waals surface area contributed by atoms with Crippen molar-refractivity contribution in [2.24, 2.45) is 5.41 Å². The highest BCUT2D eigenvalue weighted by Gasteiger charge is 2.17. The zero-order chi connectivity index (χ0) is 12.2. The number of aryl methyl sites for hydroxylation is 1. The Morgan fingerprint density at radius 3 is 2.75 bits per heavy atom. The smallest absolute Gasteiger partial charge is 0.269 e. The molecular formula is C12H17BrN2O. The van der Waals surface area contributed by atoms with E-state index in [2.05, 4.69) is 40.1 Å². The molecule has 0 spiro atoms. The summed E-state index contributed by atoms with van der Waals surface area (Å²) in [6, 6.07) is 5.44. The van der Waals surface area contributed by atoms with Gasteiger partial charge in [-0.05, 0) is 24.5 Å². The zero-order valence-electron chi connectivity index (χ0n) is 9.88. The predicted molar refractivity (Wildman–Crippen MR) is 68.9 cm³/mol. The highest BCUT2D eigenvalue weighted by atomic mass is 79.9. The highest BCUT2D eigenvalue weighted by molar-refractivity contribution is 9.09. The Morgan fingerprint density at radius 2 is 2.19 bits per heavy atom. The number of rotatable bonds is 4. The van der Waals surface area contributed by atoms with Crippen LogP contribution in [0.3, 0.4) is 0 Å². The van der Waals surface area contributed by atoms with Crippen LogP contribution in [0.25, 0.3) is 0 Å². The lowest BCUT2D eigenvalue weighted by atomic mass is 9.97. The number of amides is 1. The maximum Gasteiger partial charge on any atom is 0.269 e. The van der Waals surface area contributed by atoms with Gasteiger partial charge in [0.1, 0.15) is 5.69 Å². The molecule has 0 atom stereocenters. The fourth-order valence-electron chi connectivity index (χ4n) is 1.13. The van der Waals surface area contributed by atoms with Gasteiger partial charge in [-0.2, -0.15) is 0 Å². The molecule has 1 amide bonds. The normalized spacial score (nSPS) is 11.2. The van der Waals surface area contributed by atoms with E-state index in [1.807, 2.05) is 19.1 Å². The largest absolute Gasteiger partial charge is 0.350 e. The highest BCUT2D eigenvalue weighted by Crippen LogP contribution is 2.16. The number of alkyl halides is 1. The molecule has 1 rings (SSSR count). The molecule has 0 radical (unpaired) electrons. The van der Waals surface area contributed by atoms with Gasteiger partial charge in [0.15, 0.2) is 0 Å². The van der Waals surface area contributed by atoms with E-state index in [1.165, 1.54) is 0 Å². The first kappa shape index (κ1) is 13.2. The number of carbonyl (C=O) groups is 1. The average Bonchev–Trinajstić information content (AvgIpc) is 2.26. The van der Waals surface area contributed by atoms with Crippen LogP contribution in [0.15, 0.2) is 18.2 Å². The molecule has 0 saturated heterocycles. The van der Waals surface area contributed by atoms with Gasteiger partial charge in [0, 0.05) is 17.6 Å². The SMILES string of the molecule is Cc1cccc(C(=O)NCC(C)(C)CBr)n1. The first-order valence-electron chi connectivity index (χ1n) is 5.22. The van der Waals surface area contributed by atoms with Crippen LogP contribution >= 0.6 is 15.9 Å². The van der Waals surface area contributed by atoms with E-state index >= 15 is 0 Å². The summed E-state index contributed by atoms with van der Waals surface area (Å²) in [6.07, 6.45) is 0. The lowest BCUT2D eigenvalue weighted by molar-refractivity contribution is 0.0935. The third kappa shape index (κ3) is 3.93. The standard InChI is InChI=1S/C12H17BrN2O/c1-9-5-4-6-10(15-9)11(16)14-8-12(2,3)7-13/h4-6H,7-8H2,1-3H3,(H,14,16). The van der Waals surface area contributed by atoms with Crippen molar-refractivity contribution in [2.45, 2.75) is 20.8 Å². The molecule has 4 heteroatoms. The molecule has 1 aromatic rings. The predicted octanol–water partition coefficient (Wildman–Crippen LogP) is 2.54. The van der Waals surface area contributed by atoms with Crippen LogP contribution in [0.2, 0.25) is 0 Å². The lowest BCUT2D eigenvalue weighted by Gasteiger charge is -2.21. The van der Waals surface area contributed by atoms with E-state index in [4.69, 9.17) is 0 Å². The number of hydrogen-bond donors (Lipinski definition) is 1. The van der Waals surface area contributed by atoms with Gasteiger partial charge in [0.05, 0.1) is 0 Å². The van der Waals surface area contributed by atoms with Crippen LogP contribution in [-0.2, 0) is 0 Å². The number of carbonyl (C=O) groups excluding carboxylic acids is 1. The van der Waals surface area contributed by atoms with Gasteiger partial charge >= 0.3 is 0 Å². The minimum absolute atomic E-state index is 0.0550. The molecule has 1 heterocycles. The van der Waals surface area contributed by atoms with Crippen molar-refractivity contribution in [1.29, 1.82) is 0 Å². The molecule has 88 valence electrons. The fourth-order valence-corrected chi connectivity index (χ4v) is 1.33. The van der Waals surface area contributed by atoms with Crippen molar-refractivity contribution in [1.82, 2.24) is 10.3 Å². The lowest BCUT2D eigenvalue weighted by Crippen LogP contribution is -2.35. The van der Waals surface area contributed by atoms with Crippen molar-refractivity contribution in [3.8, 4) is 0 Å². The van der Waals surface area contributed by atoms with Crippen LogP contribution in [0, 0.1) is 12.3 Å². The van der Waals surface area contributed by atoms with Crippen molar-refractivity contribution < 1.29 is 4.79 Å². The van der Waals surface area contributed by atoms with Crippen molar-refractivity contribution in [3.63, 3.8) is 0 Å². The number of aromatic nitrogens is 1. The quantitative estimate of drug-likeness (QED) is 0.864. The minimum atomic E-state index is -0.113.